The van der Waals surface area contributed by atoms with Gasteiger partial charge in [-0.1, -0.05) is 0 Å². The van der Waals surface area contributed by atoms with Crippen LogP contribution in [0.25, 0.3) is 0 Å². The molecule has 0 aliphatic carbocycles. The van der Waals surface area contributed by atoms with Crippen LogP contribution in [0.4, 0.5) is 4.39 Å². The van der Waals surface area contributed by atoms with E-state index in [1.807, 2.05) is 0 Å². The summed E-state index contributed by atoms with van der Waals surface area (Å²) in [7, 11) is 1.45. The number of alkyl halides is 1. The Morgan fingerprint density at radius 2 is 2.33 bits per heavy atom. The number of carbonyl (C=O) groups is 1. The predicted octanol–water partition coefficient (Wildman–Crippen LogP) is 0.952. The highest BCUT2D eigenvalue weighted by Gasteiger charge is 1.98. The first kappa shape index (κ1) is 8.56. The van der Waals surface area contributed by atoms with Gasteiger partial charge in [-0.25, -0.2) is 0 Å². The van der Waals surface area contributed by atoms with Crippen molar-refractivity contribution in [1.29, 1.82) is 0 Å². The van der Waals surface area contributed by atoms with Gasteiger partial charge in [0.05, 0.1) is 6.67 Å². The predicted molar refractivity (Wildman–Crippen MR) is 32.1 cm³/mol. The van der Waals surface area contributed by atoms with Gasteiger partial charge in [0.1, 0.15) is 6.61 Å². The molecule has 0 saturated carbocycles. The van der Waals surface area contributed by atoms with Crippen LogP contribution in [0, 0.1) is 0 Å². The highest BCUT2D eigenvalue weighted by atomic mass is 19.1. The standard InChI is InChI=1S/C6H11FO2/c1-9-5-6(8)3-2-4-7/h2-5H2,1H3. The van der Waals surface area contributed by atoms with Crippen molar-refractivity contribution in [2.24, 2.45) is 0 Å². The molecule has 0 amide bonds. The summed E-state index contributed by atoms with van der Waals surface area (Å²) in [5.41, 5.74) is 0. The molecule has 0 fully saturated rings. The fraction of sp³-hybridized carbons (Fsp3) is 0.833. The third-order valence-electron chi connectivity index (χ3n) is 0.895. The lowest BCUT2D eigenvalue weighted by Crippen LogP contribution is -2.05. The summed E-state index contributed by atoms with van der Waals surface area (Å²) in [4.78, 5) is 10.5. The molecule has 0 atom stereocenters. The largest absolute Gasteiger partial charge is 0.377 e. The first-order chi connectivity index (χ1) is 4.31. The van der Waals surface area contributed by atoms with Gasteiger partial charge in [-0.2, -0.15) is 0 Å². The second kappa shape index (κ2) is 5.69. The average molecular weight is 134 g/mol. The van der Waals surface area contributed by atoms with Crippen LogP contribution < -0.4 is 0 Å². The lowest BCUT2D eigenvalue weighted by atomic mass is 10.2. The number of ketones is 1. The fourth-order valence-electron chi connectivity index (χ4n) is 0.497. The molecule has 0 aliphatic heterocycles. The van der Waals surface area contributed by atoms with Crippen LogP contribution in [0.15, 0.2) is 0 Å². The van der Waals surface area contributed by atoms with E-state index in [9.17, 15) is 9.18 Å². The molecule has 3 heteroatoms. The third kappa shape index (κ3) is 5.43. The van der Waals surface area contributed by atoms with Crippen molar-refractivity contribution in [2.75, 3.05) is 20.4 Å². The molecule has 0 radical (unpaired) electrons. The van der Waals surface area contributed by atoms with E-state index in [1.54, 1.807) is 0 Å². The Kier molecular flexibility index (Phi) is 5.41. The number of hydrogen-bond donors (Lipinski definition) is 0. The van der Waals surface area contributed by atoms with Crippen molar-refractivity contribution in [3.63, 3.8) is 0 Å². The van der Waals surface area contributed by atoms with E-state index in [0.29, 0.717) is 12.8 Å². The summed E-state index contributed by atoms with van der Waals surface area (Å²) in [5, 5.41) is 0. The van der Waals surface area contributed by atoms with Gasteiger partial charge in [-0.05, 0) is 6.42 Å². The monoisotopic (exact) mass is 134 g/mol. The number of Topliss-reactive ketones (excluding diaryl/α,β-unsaturated/α-hetero) is 1. The van der Waals surface area contributed by atoms with Crippen LogP contribution in [0.1, 0.15) is 12.8 Å². The number of hydrogen-bond acceptors (Lipinski definition) is 2. The van der Waals surface area contributed by atoms with Gasteiger partial charge >= 0.3 is 0 Å². The Morgan fingerprint density at radius 1 is 1.67 bits per heavy atom. The second-order valence-electron chi connectivity index (χ2n) is 1.76. The quantitative estimate of drug-likeness (QED) is 0.559. The van der Waals surface area contributed by atoms with Gasteiger partial charge in [0.15, 0.2) is 5.78 Å². The Balaban J connectivity index is 3.06. The van der Waals surface area contributed by atoms with E-state index in [-0.39, 0.29) is 12.4 Å². The summed E-state index contributed by atoms with van der Waals surface area (Å²) in [6, 6.07) is 0. The van der Waals surface area contributed by atoms with E-state index < -0.39 is 6.67 Å². The molecule has 2 nitrogen and oxygen atoms in total. The highest BCUT2D eigenvalue weighted by molar-refractivity contribution is 5.79. The van der Waals surface area contributed by atoms with Crippen LogP contribution >= 0.6 is 0 Å². The van der Waals surface area contributed by atoms with E-state index in [1.165, 1.54) is 7.11 Å². The number of methoxy groups -OCH3 is 1. The minimum atomic E-state index is -0.421. The van der Waals surface area contributed by atoms with Crippen LogP contribution in [0.2, 0.25) is 0 Å². The van der Waals surface area contributed by atoms with Crippen molar-refractivity contribution in [1.82, 2.24) is 0 Å². The first-order valence-electron chi connectivity index (χ1n) is 2.88. The number of rotatable bonds is 5. The van der Waals surface area contributed by atoms with Crippen molar-refractivity contribution in [3.8, 4) is 0 Å². The molecule has 0 N–H and O–H groups in total. The van der Waals surface area contributed by atoms with Gasteiger partial charge in [-0.15, -0.1) is 0 Å². The summed E-state index contributed by atoms with van der Waals surface area (Å²) in [5.74, 6) is -0.0323. The Bertz CT molecular complexity index is 83.1. The summed E-state index contributed by atoms with van der Waals surface area (Å²) >= 11 is 0. The molecule has 0 saturated heterocycles. The van der Waals surface area contributed by atoms with Gasteiger partial charge in [-0.3, -0.25) is 9.18 Å². The molecular weight excluding hydrogens is 123 g/mol. The molecule has 0 aromatic carbocycles. The molecule has 0 bridgehead atoms. The first-order valence-corrected chi connectivity index (χ1v) is 2.88. The van der Waals surface area contributed by atoms with E-state index in [0.717, 1.165) is 0 Å². The van der Waals surface area contributed by atoms with Crippen LogP contribution in [-0.4, -0.2) is 26.2 Å². The maximum Gasteiger partial charge on any atom is 0.158 e. The van der Waals surface area contributed by atoms with Crippen molar-refractivity contribution in [3.05, 3.63) is 0 Å². The van der Waals surface area contributed by atoms with E-state index >= 15 is 0 Å². The maximum atomic E-state index is 11.4. The lowest BCUT2D eigenvalue weighted by molar-refractivity contribution is -0.122. The molecular formula is C6H11FO2. The minimum Gasteiger partial charge on any atom is -0.377 e. The van der Waals surface area contributed by atoms with E-state index in [2.05, 4.69) is 4.74 Å². The molecule has 0 heterocycles. The van der Waals surface area contributed by atoms with Gasteiger partial charge in [0.2, 0.25) is 0 Å². The van der Waals surface area contributed by atoms with Gasteiger partial charge in [0, 0.05) is 13.5 Å². The van der Waals surface area contributed by atoms with Gasteiger partial charge < -0.3 is 4.74 Å². The second-order valence-corrected chi connectivity index (χ2v) is 1.76. The van der Waals surface area contributed by atoms with E-state index in [4.69, 9.17) is 0 Å². The third-order valence-corrected chi connectivity index (χ3v) is 0.895. The summed E-state index contributed by atoms with van der Waals surface area (Å²) in [6.07, 6.45) is 0.618. The zero-order valence-electron chi connectivity index (χ0n) is 5.52. The topological polar surface area (TPSA) is 26.3 Å². The normalized spacial score (nSPS) is 9.56. The molecule has 0 aromatic rings. The zero-order chi connectivity index (χ0) is 7.11. The Hall–Kier alpha value is -0.440. The smallest absolute Gasteiger partial charge is 0.158 e. The van der Waals surface area contributed by atoms with Crippen LogP contribution in [0.5, 0.6) is 0 Å². The molecule has 0 spiro atoms. The Morgan fingerprint density at radius 3 is 2.78 bits per heavy atom. The molecule has 9 heavy (non-hydrogen) atoms. The van der Waals surface area contributed by atoms with Crippen molar-refractivity contribution >= 4 is 5.78 Å². The van der Waals surface area contributed by atoms with Gasteiger partial charge in [0.25, 0.3) is 0 Å². The molecule has 0 aromatic heterocycles. The fourth-order valence-corrected chi connectivity index (χ4v) is 0.497. The molecule has 0 aliphatic rings. The minimum absolute atomic E-state index is 0.0323. The lowest BCUT2D eigenvalue weighted by Gasteiger charge is -1.94. The molecule has 0 unspecified atom stereocenters. The summed E-state index contributed by atoms with van der Waals surface area (Å²) < 4.78 is 15.9. The number of halogens is 1. The van der Waals surface area contributed by atoms with Crippen LogP contribution in [-0.2, 0) is 9.53 Å². The number of carbonyl (C=O) groups excluding carboxylic acids is 1. The van der Waals surface area contributed by atoms with Crippen molar-refractivity contribution in [2.45, 2.75) is 12.8 Å². The zero-order valence-corrected chi connectivity index (χ0v) is 5.52. The summed E-state index contributed by atoms with van der Waals surface area (Å²) in [6.45, 7) is -0.310. The average Bonchev–Trinajstić information content (AvgIpc) is 1.85. The number of ether oxygens (including phenoxy) is 1. The SMILES string of the molecule is COCC(=O)CCCF. The van der Waals surface area contributed by atoms with Crippen molar-refractivity contribution < 1.29 is 13.9 Å². The van der Waals surface area contributed by atoms with Crippen LogP contribution in [0.3, 0.4) is 0 Å². The maximum absolute atomic E-state index is 11.4. The highest BCUT2D eigenvalue weighted by Crippen LogP contribution is 1.90. The molecule has 0 rings (SSSR count). The Labute approximate surface area is 54.0 Å². The molecule has 54 valence electrons.